The summed E-state index contributed by atoms with van der Waals surface area (Å²) < 4.78 is 20.5. The minimum Gasteiger partial charge on any atom is -0.507 e. The third-order valence-electron chi connectivity index (χ3n) is 5.44. The lowest BCUT2D eigenvalue weighted by molar-refractivity contribution is -0.132. The number of benzene rings is 2. The van der Waals surface area contributed by atoms with Gasteiger partial charge in [-0.15, -0.1) is 11.3 Å². The van der Waals surface area contributed by atoms with Crippen LogP contribution in [0.5, 0.6) is 5.75 Å². The molecule has 0 bridgehead atoms. The van der Waals surface area contributed by atoms with Gasteiger partial charge in [-0.05, 0) is 36.8 Å². The monoisotopic (exact) mass is 436 g/mol. The van der Waals surface area contributed by atoms with E-state index in [4.69, 9.17) is 4.74 Å². The normalized spacial score (nSPS) is 21.9. The number of aliphatic hydroxyl groups is 1. The fourth-order valence-corrected chi connectivity index (χ4v) is 4.75. The van der Waals surface area contributed by atoms with Crippen molar-refractivity contribution in [3.63, 3.8) is 0 Å². The number of ketones is 1. The van der Waals surface area contributed by atoms with Crippen LogP contribution in [0.15, 0.2) is 59.6 Å². The van der Waals surface area contributed by atoms with E-state index in [1.807, 2.05) is 6.92 Å². The van der Waals surface area contributed by atoms with Crippen LogP contribution in [0.2, 0.25) is 0 Å². The van der Waals surface area contributed by atoms with Gasteiger partial charge in [0.25, 0.3) is 5.78 Å². The quantitative estimate of drug-likeness (QED) is 0.378. The first-order chi connectivity index (χ1) is 15.0. The molecule has 1 aromatic heterocycles. The van der Waals surface area contributed by atoms with Crippen molar-refractivity contribution in [2.75, 3.05) is 4.90 Å². The second kappa shape index (κ2) is 7.31. The molecule has 2 atom stereocenters. The molecule has 8 heteroatoms. The zero-order valence-corrected chi connectivity index (χ0v) is 17.2. The fraction of sp³-hybridized carbons (Fsp3) is 0.174. The number of amides is 1. The maximum atomic E-state index is 14.8. The van der Waals surface area contributed by atoms with Gasteiger partial charge in [0.15, 0.2) is 5.13 Å². The highest BCUT2D eigenvalue weighted by Gasteiger charge is 2.48. The molecule has 156 valence electrons. The number of Topliss-reactive ketones (excluding diaryl/α,β-unsaturated/α-hetero) is 1. The van der Waals surface area contributed by atoms with E-state index in [2.05, 4.69) is 4.98 Å². The number of hydrogen-bond donors (Lipinski definition) is 1. The topological polar surface area (TPSA) is 79.7 Å². The van der Waals surface area contributed by atoms with Crippen molar-refractivity contribution in [2.45, 2.75) is 25.5 Å². The highest BCUT2D eigenvalue weighted by atomic mass is 32.1. The second-order valence-electron chi connectivity index (χ2n) is 7.46. The number of halogens is 1. The zero-order valence-electron chi connectivity index (χ0n) is 16.4. The summed E-state index contributed by atoms with van der Waals surface area (Å²) in [4.78, 5) is 31.2. The molecule has 2 aromatic carbocycles. The SMILES string of the molecule is C[C@H]1Cc2cc(/C(O)=C3\C(=O)C(=O)N(c4nccs4)[C@@H]3c3ccccc3F)ccc2O1. The predicted molar refractivity (Wildman–Crippen MR) is 114 cm³/mol. The summed E-state index contributed by atoms with van der Waals surface area (Å²) in [5, 5.41) is 13.1. The van der Waals surface area contributed by atoms with Crippen LogP contribution in [0, 0.1) is 5.82 Å². The predicted octanol–water partition coefficient (Wildman–Crippen LogP) is 4.23. The Labute approximate surface area is 181 Å². The van der Waals surface area contributed by atoms with E-state index in [9.17, 15) is 19.1 Å². The van der Waals surface area contributed by atoms with E-state index in [1.165, 1.54) is 24.4 Å². The molecule has 1 N–H and O–H groups in total. The van der Waals surface area contributed by atoms with Crippen LogP contribution in [0.3, 0.4) is 0 Å². The Morgan fingerprint density at radius 3 is 2.81 bits per heavy atom. The van der Waals surface area contributed by atoms with E-state index < -0.39 is 23.5 Å². The lowest BCUT2D eigenvalue weighted by Gasteiger charge is -2.23. The molecule has 1 fully saturated rings. The van der Waals surface area contributed by atoms with E-state index in [0.29, 0.717) is 12.0 Å². The summed E-state index contributed by atoms with van der Waals surface area (Å²) in [5.41, 5.74) is 1.21. The van der Waals surface area contributed by atoms with E-state index in [-0.39, 0.29) is 28.1 Å². The lowest BCUT2D eigenvalue weighted by Crippen LogP contribution is -2.29. The lowest BCUT2D eigenvalue weighted by atomic mass is 9.94. The van der Waals surface area contributed by atoms with E-state index in [0.717, 1.165) is 27.5 Å². The van der Waals surface area contributed by atoms with Crippen molar-refractivity contribution in [2.24, 2.45) is 0 Å². The summed E-state index contributed by atoms with van der Waals surface area (Å²) in [6.45, 7) is 1.94. The van der Waals surface area contributed by atoms with Gasteiger partial charge in [0.1, 0.15) is 29.5 Å². The number of ether oxygens (including phenoxy) is 1. The molecule has 0 unspecified atom stereocenters. The van der Waals surface area contributed by atoms with Gasteiger partial charge < -0.3 is 9.84 Å². The van der Waals surface area contributed by atoms with Crippen LogP contribution >= 0.6 is 11.3 Å². The standard InChI is InChI=1S/C23H17FN2O4S/c1-12-10-14-11-13(6-7-17(14)30-12)20(27)18-19(15-4-2-3-5-16(15)24)26(22(29)21(18)28)23-25-8-9-31-23/h2-9,11-12,19,27H,10H2,1H3/b20-18+/t12-,19+/m0/s1. The highest BCUT2D eigenvalue weighted by Crippen LogP contribution is 2.44. The fourth-order valence-electron chi connectivity index (χ4n) is 4.08. The van der Waals surface area contributed by atoms with Gasteiger partial charge in [-0.25, -0.2) is 9.37 Å². The average Bonchev–Trinajstić information content (AvgIpc) is 3.46. The van der Waals surface area contributed by atoms with Crippen molar-refractivity contribution in [3.05, 3.63) is 82.1 Å². The number of rotatable bonds is 3. The molecule has 0 radical (unpaired) electrons. The summed E-state index contributed by atoms with van der Waals surface area (Å²) >= 11 is 1.15. The number of nitrogens with zero attached hydrogens (tertiary/aromatic N) is 2. The van der Waals surface area contributed by atoms with Crippen LogP contribution in [-0.4, -0.2) is 27.9 Å². The molecule has 1 amide bonds. The van der Waals surface area contributed by atoms with Gasteiger partial charge in [-0.1, -0.05) is 18.2 Å². The number of carbonyl (C=O) groups is 2. The molecule has 0 aliphatic carbocycles. The highest BCUT2D eigenvalue weighted by molar-refractivity contribution is 7.14. The van der Waals surface area contributed by atoms with Gasteiger partial charge in [0.2, 0.25) is 0 Å². The number of anilines is 1. The number of hydrogen-bond acceptors (Lipinski definition) is 6. The molecule has 0 spiro atoms. The molecular formula is C23H17FN2O4S. The number of aliphatic hydroxyl groups excluding tert-OH is 1. The van der Waals surface area contributed by atoms with Gasteiger partial charge >= 0.3 is 5.91 Å². The molecule has 3 aromatic rings. The average molecular weight is 436 g/mol. The minimum atomic E-state index is -1.13. The Kier molecular flexibility index (Phi) is 4.59. The van der Waals surface area contributed by atoms with Crippen molar-refractivity contribution in [3.8, 4) is 5.75 Å². The first-order valence-electron chi connectivity index (χ1n) is 9.70. The van der Waals surface area contributed by atoms with Crippen LogP contribution in [0.4, 0.5) is 9.52 Å². The van der Waals surface area contributed by atoms with E-state index in [1.54, 1.807) is 29.6 Å². The molecule has 31 heavy (non-hydrogen) atoms. The zero-order chi connectivity index (χ0) is 21.7. The third-order valence-corrected chi connectivity index (χ3v) is 6.21. The summed E-state index contributed by atoms with van der Waals surface area (Å²) in [5.74, 6) is -1.96. The molecule has 5 rings (SSSR count). The Hall–Kier alpha value is -3.52. The second-order valence-corrected chi connectivity index (χ2v) is 8.33. The number of carbonyl (C=O) groups excluding carboxylic acids is 2. The Morgan fingerprint density at radius 1 is 1.26 bits per heavy atom. The van der Waals surface area contributed by atoms with Crippen LogP contribution < -0.4 is 9.64 Å². The molecule has 0 saturated carbocycles. The summed E-state index contributed by atoms with van der Waals surface area (Å²) in [6.07, 6.45) is 2.18. The maximum absolute atomic E-state index is 14.8. The first-order valence-corrected chi connectivity index (χ1v) is 10.6. The number of aromatic nitrogens is 1. The van der Waals surface area contributed by atoms with Gasteiger partial charge in [0.05, 0.1) is 5.57 Å². The molecule has 1 saturated heterocycles. The van der Waals surface area contributed by atoms with Crippen LogP contribution in [0.25, 0.3) is 5.76 Å². The Bertz CT molecular complexity index is 1240. The van der Waals surface area contributed by atoms with E-state index >= 15 is 0 Å². The van der Waals surface area contributed by atoms with Crippen molar-refractivity contribution < 1.29 is 23.8 Å². The first kappa shape index (κ1) is 19.4. The van der Waals surface area contributed by atoms with Crippen molar-refractivity contribution >= 4 is 33.9 Å². The third kappa shape index (κ3) is 3.11. The Morgan fingerprint density at radius 2 is 2.06 bits per heavy atom. The van der Waals surface area contributed by atoms with Crippen LogP contribution in [0.1, 0.15) is 29.7 Å². The summed E-state index contributed by atoms with van der Waals surface area (Å²) in [7, 11) is 0. The molecular weight excluding hydrogens is 419 g/mol. The van der Waals surface area contributed by atoms with Crippen LogP contribution in [-0.2, 0) is 16.0 Å². The van der Waals surface area contributed by atoms with Crippen molar-refractivity contribution in [1.29, 1.82) is 0 Å². The van der Waals surface area contributed by atoms with Crippen molar-refractivity contribution in [1.82, 2.24) is 4.98 Å². The van der Waals surface area contributed by atoms with Gasteiger partial charge in [-0.3, -0.25) is 14.5 Å². The number of thiazole rings is 1. The van der Waals surface area contributed by atoms with Gasteiger partial charge in [0, 0.05) is 29.1 Å². The smallest absolute Gasteiger partial charge is 0.301 e. The molecule has 2 aliphatic heterocycles. The Balaban J connectivity index is 1.70. The molecule has 2 aliphatic rings. The minimum absolute atomic E-state index is 0.0151. The number of fused-ring (bicyclic) bond motifs is 1. The summed E-state index contributed by atoms with van der Waals surface area (Å²) in [6, 6.07) is 9.86. The maximum Gasteiger partial charge on any atom is 0.301 e. The molecule has 3 heterocycles. The van der Waals surface area contributed by atoms with Gasteiger partial charge in [-0.2, -0.15) is 0 Å². The largest absolute Gasteiger partial charge is 0.507 e. The molecule has 6 nitrogen and oxygen atoms in total.